The monoisotopic (exact) mass is 131 g/mol. The van der Waals surface area contributed by atoms with E-state index in [-0.39, 0.29) is 25.7 Å². The summed E-state index contributed by atoms with van der Waals surface area (Å²) in [5.41, 5.74) is 0. The Morgan fingerprint density at radius 2 is 1.78 bits per heavy atom. The molecule has 0 rings (SSSR count). The van der Waals surface area contributed by atoms with E-state index in [1.54, 1.807) is 0 Å². The summed E-state index contributed by atoms with van der Waals surface area (Å²) >= 11 is 0. The molecule has 0 bridgehead atoms. The predicted octanol–water partition coefficient (Wildman–Crippen LogP) is 0.348. The third-order valence-electron chi connectivity index (χ3n) is 0.586. The highest BCUT2D eigenvalue weighted by Gasteiger charge is 1.91. The fraction of sp³-hybridized carbons (Fsp3) is 0.667. The van der Waals surface area contributed by atoms with Gasteiger partial charge in [-0.05, 0) is 6.92 Å². The van der Waals surface area contributed by atoms with Crippen LogP contribution < -0.4 is 5.32 Å². The molecule has 0 fully saturated rings. The molecule has 3 heteroatoms. The van der Waals surface area contributed by atoms with Crippen LogP contribution in [0.1, 0.15) is 21.3 Å². The average Bonchev–Trinajstić information content (AvgIpc) is 1.61. The fourth-order valence-corrected chi connectivity index (χ4v) is 0.249. The number of hydrogen-bond acceptors (Lipinski definition) is 2. The topological polar surface area (TPSA) is 46.2 Å². The molecule has 0 atom stereocenters. The number of nitrogens with one attached hydrogen (secondary N) is 1. The molecule has 0 radical (unpaired) electrons. The number of amides is 1. The van der Waals surface area contributed by atoms with Crippen LogP contribution in [-0.4, -0.2) is 18.2 Å². The first-order chi connectivity index (χ1) is 3.63. The fourth-order valence-electron chi connectivity index (χ4n) is 0.249. The van der Waals surface area contributed by atoms with Gasteiger partial charge in [-0.2, -0.15) is 0 Å². The molecular weight excluding hydrogens is 118 g/mol. The van der Waals surface area contributed by atoms with Gasteiger partial charge in [-0.25, -0.2) is 0 Å². The summed E-state index contributed by atoms with van der Waals surface area (Å²) in [5, 5.41) is 2.36. The lowest BCUT2D eigenvalue weighted by atomic mass is 10.4. The first-order valence-electron chi connectivity index (χ1n) is 2.37. The minimum Gasteiger partial charge on any atom is -0.349 e. The van der Waals surface area contributed by atoms with E-state index in [0.717, 1.165) is 0 Å². The minimum absolute atomic E-state index is 0. The molecule has 0 aliphatic rings. The van der Waals surface area contributed by atoms with Crippen LogP contribution in [0.3, 0.4) is 0 Å². The van der Waals surface area contributed by atoms with Crippen LogP contribution in [0.5, 0.6) is 0 Å². The molecule has 0 aromatic rings. The Balaban J connectivity index is 0. The van der Waals surface area contributed by atoms with Crippen molar-refractivity contribution >= 4 is 11.7 Å². The zero-order chi connectivity index (χ0) is 6.57. The summed E-state index contributed by atoms with van der Waals surface area (Å²) in [6.45, 7) is 2.95. The summed E-state index contributed by atoms with van der Waals surface area (Å²) in [4.78, 5) is 20.2. The van der Waals surface area contributed by atoms with Gasteiger partial charge in [0.1, 0.15) is 5.78 Å². The Hall–Kier alpha value is -0.860. The Bertz CT molecular complexity index is 95.6. The zero-order valence-corrected chi connectivity index (χ0v) is 5.02. The van der Waals surface area contributed by atoms with Crippen molar-refractivity contribution in [3.63, 3.8) is 0 Å². The van der Waals surface area contributed by atoms with E-state index in [0.29, 0.717) is 0 Å². The molecule has 0 saturated carbocycles. The van der Waals surface area contributed by atoms with Crippen molar-refractivity contribution in [2.24, 2.45) is 0 Å². The van der Waals surface area contributed by atoms with E-state index in [9.17, 15) is 9.59 Å². The maximum atomic E-state index is 10.1. The Morgan fingerprint density at radius 3 is 1.89 bits per heavy atom. The molecule has 0 aromatic carbocycles. The van der Waals surface area contributed by atoms with Crippen molar-refractivity contribution in [3.8, 4) is 0 Å². The molecule has 0 unspecified atom stereocenters. The van der Waals surface area contributed by atoms with Gasteiger partial charge in [0.2, 0.25) is 5.91 Å². The van der Waals surface area contributed by atoms with Gasteiger partial charge in [-0.1, -0.05) is 7.43 Å². The van der Waals surface area contributed by atoms with Gasteiger partial charge in [0.15, 0.2) is 0 Å². The second-order valence-electron chi connectivity index (χ2n) is 1.61. The zero-order valence-electron chi connectivity index (χ0n) is 5.02. The number of carbonyl (C=O) groups is 2. The van der Waals surface area contributed by atoms with Crippen LogP contribution in [-0.2, 0) is 9.59 Å². The summed E-state index contributed by atoms with van der Waals surface area (Å²) in [5.74, 6) is -0.194. The van der Waals surface area contributed by atoms with Crippen molar-refractivity contribution < 1.29 is 9.59 Å². The molecule has 0 saturated heterocycles. The largest absolute Gasteiger partial charge is 0.349 e. The normalized spacial score (nSPS) is 7.33. The van der Waals surface area contributed by atoms with Crippen LogP contribution >= 0.6 is 0 Å². The average molecular weight is 131 g/mol. The Morgan fingerprint density at radius 1 is 1.33 bits per heavy atom. The van der Waals surface area contributed by atoms with Gasteiger partial charge in [-0.3, -0.25) is 9.59 Å². The standard InChI is InChI=1S/C5H9NO2.CH4/c1-4(7)3-6-5(2)8;/h3H2,1-2H3,(H,6,8);1H4. The van der Waals surface area contributed by atoms with Crippen LogP contribution in [0.2, 0.25) is 0 Å². The van der Waals surface area contributed by atoms with E-state index in [1.165, 1.54) is 13.8 Å². The number of rotatable bonds is 2. The lowest BCUT2D eigenvalue weighted by Gasteiger charge is -1.93. The summed E-state index contributed by atoms with van der Waals surface area (Å²) in [6, 6.07) is 0. The second-order valence-corrected chi connectivity index (χ2v) is 1.61. The number of hydrogen-bond donors (Lipinski definition) is 1. The summed E-state index contributed by atoms with van der Waals surface area (Å²) in [7, 11) is 0. The van der Waals surface area contributed by atoms with Gasteiger partial charge >= 0.3 is 0 Å². The van der Waals surface area contributed by atoms with E-state index < -0.39 is 0 Å². The lowest BCUT2D eigenvalue weighted by molar-refractivity contribution is -0.123. The van der Waals surface area contributed by atoms with E-state index >= 15 is 0 Å². The number of Topliss-reactive ketones (excluding diaryl/α,β-unsaturated/α-hetero) is 1. The predicted molar refractivity (Wildman–Crippen MR) is 36.1 cm³/mol. The van der Waals surface area contributed by atoms with Crippen molar-refractivity contribution in [1.82, 2.24) is 5.32 Å². The first kappa shape index (κ1) is 11.0. The Labute approximate surface area is 55.4 Å². The van der Waals surface area contributed by atoms with Crippen LogP contribution in [0, 0.1) is 0 Å². The molecular formula is C6H13NO2. The first-order valence-corrected chi connectivity index (χ1v) is 2.37. The number of ketones is 1. The second kappa shape index (κ2) is 5.28. The summed E-state index contributed by atoms with van der Waals surface area (Å²) in [6.07, 6.45) is 0. The van der Waals surface area contributed by atoms with Gasteiger partial charge < -0.3 is 5.32 Å². The third-order valence-corrected chi connectivity index (χ3v) is 0.586. The van der Waals surface area contributed by atoms with Gasteiger partial charge in [0, 0.05) is 6.92 Å². The minimum atomic E-state index is -0.166. The molecule has 0 aromatic heterocycles. The van der Waals surface area contributed by atoms with Gasteiger partial charge in [-0.15, -0.1) is 0 Å². The highest BCUT2D eigenvalue weighted by Crippen LogP contribution is 1.63. The van der Waals surface area contributed by atoms with E-state index in [1.807, 2.05) is 0 Å². The molecule has 1 N–H and O–H groups in total. The van der Waals surface area contributed by atoms with Crippen molar-refractivity contribution in [2.75, 3.05) is 6.54 Å². The van der Waals surface area contributed by atoms with E-state index in [2.05, 4.69) is 5.32 Å². The molecule has 1 amide bonds. The Kier molecular flexibility index (Phi) is 6.46. The van der Waals surface area contributed by atoms with Crippen molar-refractivity contribution in [1.29, 1.82) is 0 Å². The van der Waals surface area contributed by atoms with Crippen LogP contribution in [0.15, 0.2) is 0 Å². The smallest absolute Gasteiger partial charge is 0.217 e. The molecule has 0 aliphatic carbocycles. The van der Waals surface area contributed by atoms with Crippen LogP contribution in [0.4, 0.5) is 0 Å². The molecule has 0 heterocycles. The SMILES string of the molecule is C.CC(=O)CNC(C)=O. The maximum absolute atomic E-state index is 10.1. The quantitative estimate of drug-likeness (QED) is 0.587. The molecule has 9 heavy (non-hydrogen) atoms. The molecule has 54 valence electrons. The molecule has 0 spiro atoms. The molecule has 3 nitrogen and oxygen atoms in total. The molecule has 0 aliphatic heterocycles. The van der Waals surface area contributed by atoms with Crippen LogP contribution in [0.25, 0.3) is 0 Å². The third kappa shape index (κ3) is 11.0. The lowest BCUT2D eigenvalue weighted by Crippen LogP contribution is -2.25. The van der Waals surface area contributed by atoms with Gasteiger partial charge in [0.05, 0.1) is 6.54 Å². The number of carbonyl (C=O) groups excluding carboxylic acids is 2. The highest BCUT2D eigenvalue weighted by atomic mass is 16.2. The van der Waals surface area contributed by atoms with Gasteiger partial charge in [0.25, 0.3) is 0 Å². The summed E-state index contributed by atoms with van der Waals surface area (Å²) < 4.78 is 0. The maximum Gasteiger partial charge on any atom is 0.217 e. The van der Waals surface area contributed by atoms with E-state index in [4.69, 9.17) is 0 Å². The van der Waals surface area contributed by atoms with Crippen molar-refractivity contribution in [3.05, 3.63) is 0 Å². The highest BCUT2D eigenvalue weighted by molar-refractivity contribution is 5.83. The van der Waals surface area contributed by atoms with Crippen molar-refractivity contribution in [2.45, 2.75) is 21.3 Å².